The Hall–Kier alpha value is -2.56. The van der Waals surface area contributed by atoms with Crippen molar-refractivity contribution in [2.45, 2.75) is 38.6 Å². The Morgan fingerprint density at radius 2 is 1.84 bits per heavy atom. The van der Waals surface area contributed by atoms with Crippen molar-refractivity contribution in [3.8, 4) is 0 Å². The number of nitrogens with zero attached hydrogens (tertiary/aromatic N) is 4. The molecule has 0 saturated heterocycles. The van der Waals surface area contributed by atoms with Gasteiger partial charge >= 0.3 is 0 Å². The lowest BCUT2D eigenvalue weighted by Crippen LogP contribution is -2.08. The van der Waals surface area contributed by atoms with Gasteiger partial charge in [0.2, 0.25) is 5.95 Å². The summed E-state index contributed by atoms with van der Waals surface area (Å²) in [5.41, 5.74) is 4.48. The van der Waals surface area contributed by atoms with Crippen molar-refractivity contribution in [1.29, 1.82) is 0 Å². The minimum absolute atomic E-state index is 0.582. The third kappa shape index (κ3) is 3.06. The van der Waals surface area contributed by atoms with E-state index in [1.165, 1.54) is 36.9 Å². The quantitative estimate of drug-likeness (QED) is 0.753. The maximum atomic E-state index is 4.82. The molecule has 1 fully saturated rings. The Morgan fingerprint density at radius 3 is 2.52 bits per heavy atom. The van der Waals surface area contributed by atoms with Crippen LogP contribution in [0.15, 0.2) is 36.7 Å². The Bertz CT molecular complexity index is 873. The number of hydrogen-bond donors (Lipinski definition) is 1. The van der Waals surface area contributed by atoms with Gasteiger partial charge in [0.25, 0.3) is 0 Å². The molecule has 5 nitrogen and oxygen atoms in total. The van der Waals surface area contributed by atoms with Gasteiger partial charge in [0, 0.05) is 49.3 Å². The van der Waals surface area contributed by atoms with E-state index in [2.05, 4.69) is 57.2 Å². The van der Waals surface area contributed by atoms with Crippen LogP contribution < -0.4 is 10.2 Å². The number of fused-ring (bicyclic) bond motifs is 1. The summed E-state index contributed by atoms with van der Waals surface area (Å²) in [6, 6.07) is 8.88. The standard InChI is InChI=1S/C20H25N5/c1-14-13-25(17-6-4-5-7-17)19-18(14)12-21-20(23-19)22-15-8-10-16(11-9-15)24(2)3/h8-13,17H,4-7H2,1-3H3,(H,21,22,23). The summed E-state index contributed by atoms with van der Waals surface area (Å²) in [4.78, 5) is 11.4. The molecule has 25 heavy (non-hydrogen) atoms. The van der Waals surface area contributed by atoms with Crippen molar-refractivity contribution in [2.75, 3.05) is 24.3 Å². The van der Waals surface area contributed by atoms with Crippen LogP contribution in [0.4, 0.5) is 17.3 Å². The summed E-state index contributed by atoms with van der Waals surface area (Å²) in [6.45, 7) is 2.14. The molecule has 0 spiro atoms. The number of benzene rings is 1. The Kier molecular flexibility index (Phi) is 4.07. The van der Waals surface area contributed by atoms with Gasteiger partial charge in [-0.05, 0) is 49.6 Å². The first-order valence-corrected chi connectivity index (χ1v) is 9.00. The van der Waals surface area contributed by atoms with E-state index in [9.17, 15) is 0 Å². The van der Waals surface area contributed by atoms with Crippen molar-refractivity contribution in [1.82, 2.24) is 14.5 Å². The molecule has 0 bridgehead atoms. The number of rotatable bonds is 4. The summed E-state index contributed by atoms with van der Waals surface area (Å²) in [5.74, 6) is 0.655. The van der Waals surface area contributed by atoms with Crippen molar-refractivity contribution in [3.05, 3.63) is 42.2 Å². The van der Waals surface area contributed by atoms with Gasteiger partial charge in [-0.15, -0.1) is 0 Å². The van der Waals surface area contributed by atoms with Crippen LogP contribution in [0, 0.1) is 6.92 Å². The van der Waals surface area contributed by atoms with E-state index in [0.29, 0.717) is 12.0 Å². The van der Waals surface area contributed by atoms with Crippen LogP contribution in [0.5, 0.6) is 0 Å². The van der Waals surface area contributed by atoms with Crippen molar-refractivity contribution < 1.29 is 0 Å². The number of nitrogens with one attached hydrogen (secondary N) is 1. The van der Waals surface area contributed by atoms with Gasteiger partial charge in [0.1, 0.15) is 5.65 Å². The molecule has 0 unspecified atom stereocenters. The van der Waals surface area contributed by atoms with Gasteiger partial charge in [-0.25, -0.2) is 4.98 Å². The molecule has 0 atom stereocenters. The van der Waals surface area contributed by atoms with E-state index in [1.54, 1.807) is 0 Å². The summed E-state index contributed by atoms with van der Waals surface area (Å²) >= 11 is 0. The van der Waals surface area contributed by atoms with Gasteiger partial charge in [0.15, 0.2) is 0 Å². The first kappa shape index (κ1) is 15.9. The molecule has 3 aromatic rings. The molecular formula is C20H25N5. The highest BCUT2D eigenvalue weighted by atomic mass is 15.2. The fourth-order valence-electron chi connectivity index (χ4n) is 3.68. The topological polar surface area (TPSA) is 46.0 Å². The van der Waals surface area contributed by atoms with Crippen LogP contribution >= 0.6 is 0 Å². The van der Waals surface area contributed by atoms with Gasteiger partial charge in [-0.1, -0.05) is 12.8 Å². The molecule has 1 aliphatic rings. The third-order valence-electron chi connectivity index (χ3n) is 5.13. The number of hydrogen-bond acceptors (Lipinski definition) is 4. The van der Waals surface area contributed by atoms with Gasteiger partial charge in [-0.3, -0.25) is 0 Å². The van der Waals surface area contributed by atoms with E-state index in [1.807, 2.05) is 20.3 Å². The average molecular weight is 335 g/mol. The second kappa shape index (κ2) is 6.39. The summed E-state index contributed by atoms with van der Waals surface area (Å²) in [6.07, 6.45) is 9.32. The summed E-state index contributed by atoms with van der Waals surface area (Å²) in [7, 11) is 4.08. The van der Waals surface area contributed by atoms with E-state index in [4.69, 9.17) is 4.98 Å². The monoisotopic (exact) mass is 335 g/mol. The van der Waals surface area contributed by atoms with Crippen LogP contribution in [0.2, 0.25) is 0 Å². The SMILES string of the molecule is Cc1cn(C2CCCC2)c2nc(Nc3ccc(N(C)C)cc3)ncc12. The first-order chi connectivity index (χ1) is 12.1. The van der Waals surface area contributed by atoms with E-state index in [0.717, 1.165) is 16.7 Å². The molecular weight excluding hydrogens is 310 g/mol. The summed E-state index contributed by atoms with van der Waals surface area (Å²) < 4.78 is 2.36. The van der Waals surface area contributed by atoms with Crippen LogP contribution in [0.3, 0.4) is 0 Å². The van der Waals surface area contributed by atoms with E-state index < -0.39 is 0 Å². The molecule has 0 radical (unpaired) electrons. The number of aryl methyl sites for hydroxylation is 1. The van der Waals surface area contributed by atoms with Crippen molar-refractivity contribution >= 4 is 28.4 Å². The largest absolute Gasteiger partial charge is 0.378 e. The molecule has 0 aliphatic heterocycles. The fourth-order valence-corrected chi connectivity index (χ4v) is 3.68. The minimum Gasteiger partial charge on any atom is -0.378 e. The van der Waals surface area contributed by atoms with Crippen LogP contribution in [-0.2, 0) is 0 Å². The minimum atomic E-state index is 0.582. The maximum Gasteiger partial charge on any atom is 0.229 e. The second-order valence-corrected chi connectivity index (χ2v) is 7.15. The third-order valence-corrected chi connectivity index (χ3v) is 5.13. The van der Waals surface area contributed by atoms with Crippen LogP contribution in [-0.4, -0.2) is 28.6 Å². The molecule has 130 valence electrons. The zero-order chi connectivity index (χ0) is 17.4. The van der Waals surface area contributed by atoms with Crippen molar-refractivity contribution in [3.63, 3.8) is 0 Å². The highest BCUT2D eigenvalue weighted by Gasteiger charge is 2.20. The zero-order valence-corrected chi connectivity index (χ0v) is 15.2. The van der Waals surface area contributed by atoms with E-state index >= 15 is 0 Å². The van der Waals surface area contributed by atoms with Gasteiger partial charge in [0.05, 0.1) is 0 Å². The fraction of sp³-hybridized carbons (Fsp3) is 0.400. The lowest BCUT2D eigenvalue weighted by Gasteiger charge is -2.14. The molecule has 1 aliphatic carbocycles. The highest BCUT2D eigenvalue weighted by Crippen LogP contribution is 2.33. The van der Waals surface area contributed by atoms with Crippen molar-refractivity contribution in [2.24, 2.45) is 0 Å². The van der Waals surface area contributed by atoms with Gasteiger partial charge < -0.3 is 14.8 Å². The second-order valence-electron chi connectivity index (χ2n) is 7.15. The average Bonchev–Trinajstić information content (AvgIpc) is 3.24. The predicted octanol–water partition coefficient (Wildman–Crippen LogP) is 4.66. The lowest BCUT2D eigenvalue weighted by molar-refractivity contribution is 0.532. The normalized spacial score (nSPS) is 15.0. The highest BCUT2D eigenvalue weighted by molar-refractivity contribution is 5.81. The molecule has 1 saturated carbocycles. The Morgan fingerprint density at radius 1 is 1.12 bits per heavy atom. The van der Waals surface area contributed by atoms with Crippen LogP contribution in [0.1, 0.15) is 37.3 Å². The molecule has 1 aromatic carbocycles. The molecule has 0 amide bonds. The molecule has 4 rings (SSSR count). The van der Waals surface area contributed by atoms with Gasteiger partial charge in [-0.2, -0.15) is 4.98 Å². The lowest BCUT2D eigenvalue weighted by atomic mass is 10.2. The molecule has 1 N–H and O–H groups in total. The maximum absolute atomic E-state index is 4.82. The Balaban J connectivity index is 1.65. The summed E-state index contributed by atoms with van der Waals surface area (Å²) in [5, 5.41) is 4.49. The number of anilines is 3. The Labute approximate surface area is 148 Å². The van der Waals surface area contributed by atoms with Crippen LogP contribution in [0.25, 0.3) is 11.0 Å². The molecule has 5 heteroatoms. The predicted molar refractivity (Wildman–Crippen MR) is 104 cm³/mol. The molecule has 2 heterocycles. The first-order valence-electron chi connectivity index (χ1n) is 9.00. The molecule has 2 aromatic heterocycles. The zero-order valence-electron chi connectivity index (χ0n) is 15.2. The van der Waals surface area contributed by atoms with E-state index in [-0.39, 0.29) is 0 Å². The number of aromatic nitrogens is 3. The smallest absolute Gasteiger partial charge is 0.229 e.